The molecule has 16 heavy (non-hydrogen) atoms. The van der Waals surface area contributed by atoms with Gasteiger partial charge in [0.05, 0.1) is 13.3 Å². The summed E-state index contributed by atoms with van der Waals surface area (Å²) in [4.78, 5) is 8.30. The third-order valence-corrected chi connectivity index (χ3v) is 2.79. The lowest BCUT2D eigenvalue weighted by atomic mass is 10.1. The zero-order chi connectivity index (χ0) is 11.4. The van der Waals surface area contributed by atoms with Crippen LogP contribution in [0.15, 0.2) is 6.20 Å². The fourth-order valence-corrected chi connectivity index (χ4v) is 1.89. The molecule has 0 radical (unpaired) electrons. The van der Waals surface area contributed by atoms with E-state index in [-0.39, 0.29) is 0 Å². The van der Waals surface area contributed by atoms with Crippen molar-refractivity contribution in [3.05, 3.63) is 11.2 Å². The SMILES string of the molecule is COc1nc(N[C@@H]2CCCNC2)ncc1Cl. The van der Waals surface area contributed by atoms with Gasteiger partial charge in [-0.05, 0) is 19.4 Å². The summed E-state index contributed by atoms with van der Waals surface area (Å²) in [6.45, 7) is 2.03. The molecule has 6 heteroatoms. The van der Waals surface area contributed by atoms with E-state index >= 15 is 0 Å². The second-order valence-electron chi connectivity index (χ2n) is 3.74. The molecule has 0 bridgehead atoms. The molecule has 1 atom stereocenters. The summed E-state index contributed by atoms with van der Waals surface area (Å²) in [6.07, 6.45) is 3.84. The van der Waals surface area contributed by atoms with Crippen LogP contribution in [-0.4, -0.2) is 36.2 Å². The first-order valence-corrected chi connectivity index (χ1v) is 5.71. The smallest absolute Gasteiger partial charge is 0.237 e. The molecular weight excluding hydrogens is 228 g/mol. The molecule has 0 amide bonds. The van der Waals surface area contributed by atoms with Crippen LogP contribution in [0, 0.1) is 0 Å². The van der Waals surface area contributed by atoms with Gasteiger partial charge in [-0.1, -0.05) is 11.6 Å². The van der Waals surface area contributed by atoms with Crippen molar-refractivity contribution in [2.75, 3.05) is 25.5 Å². The van der Waals surface area contributed by atoms with Crippen molar-refractivity contribution in [3.63, 3.8) is 0 Å². The van der Waals surface area contributed by atoms with Gasteiger partial charge >= 0.3 is 0 Å². The number of ether oxygens (including phenoxy) is 1. The first-order valence-electron chi connectivity index (χ1n) is 5.33. The molecule has 88 valence electrons. The number of hydrogen-bond acceptors (Lipinski definition) is 5. The van der Waals surface area contributed by atoms with Crippen molar-refractivity contribution in [3.8, 4) is 5.88 Å². The summed E-state index contributed by atoms with van der Waals surface area (Å²) in [7, 11) is 1.54. The highest BCUT2D eigenvalue weighted by Gasteiger charge is 2.14. The van der Waals surface area contributed by atoms with Crippen LogP contribution in [0.3, 0.4) is 0 Å². The highest BCUT2D eigenvalue weighted by Crippen LogP contribution is 2.21. The molecular formula is C10H15ClN4O. The van der Waals surface area contributed by atoms with E-state index in [2.05, 4.69) is 20.6 Å². The summed E-state index contributed by atoms with van der Waals surface area (Å²) in [5.74, 6) is 0.970. The molecule has 2 rings (SSSR count). The van der Waals surface area contributed by atoms with Gasteiger partial charge in [0.25, 0.3) is 0 Å². The second-order valence-corrected chi connectivity index (χ2v) is 4.15. The van der Waals surface area contributed by atoms with E-state index < -0.39 is 0 Å². The molecule has 1 saturated heterocycles. The summed E-state index contributed by atoms with van der Waals surface area (Å²) in [5.41, 5.74) is 0. The fraction of sp³-hybridized carbons (Fsp3) is 0.600. The number of hydrogen-bond donors (Lipinski definition) is 2. The topological polar surface area (TPSA) is 59.1 Å². The molecule has 0 spiro atoms. The molecule has 0 aliphatic carbocycles. The molecule has 1 aliphatic heterocycles. The summed E-state index contributed by atoms with van der Waals surface area (Å²) >= 11 is 5.85. The third-order valence-electron chi connectivity index (χ3n) is 2.54. The van der Waals surface area contributed by atoms with Crippen molar-refractivity contribution in [1.29, 1.82) is 0 Å². The number of aromatic nitrogens is 2. The van der Waals surface area contributed by atoms with Crippen LogP contribution in [0.5, 0.6) is 5.88 Å². The molecule has 1 aliphatic rings. The second kappa shape index (κ2) is 5.32. The van der Waals surface area contributed by atoms with E-state index in [9.17, 15) is 0 Å². The van der Waals surface area contributed by atoms with Gasteiger partial charge in [-0.15, -0.1) is 0 Å². The third kappa shape index (κ3) is 2.74. The molecule has 2 N–H and O–H groups in total. The van der Waals surface area contributed by atoms with Crippen molar-refractivity contribution < 1.29 is 4.74 Å². The Bertz CT molecular complexity index is 355. The highest BCUT2D eigenvalue weighted by atomic mass is 35.5. The van der Waals surface area contributed by atoms with Crippen LogP contribution < -0.4 is 15.4 Å². The number of piperidine rings is 1. The van der Waals surface area contributed by atoms with E-state index in [1.165, 1.54) is 6.42 Å². The van der Waals surface area contributed by atoms with Crippen molar-refractivity contribution in [2.24, 2.45) is 0 Å². The molecule has 2 heterocycles. The minimum atomic E-state index is 0.375. The summed E-state index contributed by atoms with van der Waals surface area (Å²) in [6, 6.07) is 0.375. The average Bonchev–Trinajstić information content (AvgIpc) is 2.33. The van der Waals surface area contributed by atoms with Crippen molar-refractivity contribution in [2.45, 2.75) is 18.9 Å². The van der Waals surface area contributed by atoms with E-state index in [0.717, 1.165) is 19.5 Å². The maximum absolute atomic E-state index is 5.85. The van der Waals surface area contributed by atoms with Gasteiger partial charge in [0.15, 0.2) is 0 Å². The Morgan fingerprint density at radius 2 is 2.50 bits per heavy atom. The first kappa shape index (κ1) is 11.4. The van der Waals surface area contributed by atoms with Gasteiger partial charge in [-0.3, -0.25) is 0 Å². The Morgan fingerprint density at radius 1 is 1.62 bits per heavy atom. The first-order chi connectivity index (χ1) is 7.79. The number of methoxy groups -OCH3 is 1. The Kier molecular flexibility index (Phi) is 3.79. The summed E-state index contributed by atoms with van der Waals surface area (Å²) in [5, 5.41) is 7.00. The van der Waals surface area contributed by atoms with Gasteiger partial charge in [-0.2, -0.15) is 4.98 Å². The molecule has 0 saturated carbocycles. The molecule has 0 unspecified atom stereocenters. The van der Waals surface area contributed by atoms with Crippen LogP contribution in [0.1, 0.15) is 12.8 Å². The van der Waals surface area contributed by atoms with E-state index in [0.29, 0.717) is 22.9 Å². The van der Waals surface area contributed by atoms with Crippen LogP contribution in [0.4, 0.5) is 5.95 Å². The zero-order valence-corrected chi connectivity index (χ0v) is 9.92. The fourth-order valence-electron chi connectivity index (χ4n) is 1.72. The number of halogens is 1. The summed E-state index contributed by atoms with van der Waals surface area (Å²) < 4.78 is 5.04. The van der Waals surface area contributed by atoms with E-state index in [4.69, 9.17) is 16.3 Å². The van der Waals surface area contributed by atoms with Crippen molar-refractivity contribution >= 4 is 17.5 Å². The molecule has 1 aromatic rings. The standard InChI is InChI=1S/C10H15ClN4O/c1-16-9-8(11)6-13-10(15-9)14-7-3-2-4-12-5-7/h6-7,12H,2-5H2,1H3,(H,13,14,15)/t7-/m1/s1. The van der Waals surface area contributed by atoms with Gasteiger partial charge in [0.2, 0.25) is 11.8 Å². The number of rotatable bonds is 3. The number of anilines is 1. The van der Waals surface area contributed by atoms with Gasteiger partial charge in [0.1, 0.15) is 5.02 Å². The monoisotopic (exact) mass is 242 g/mol. The van der Waals surface area contributed by atoms with Gasteiger partial charge in [-0.25, -0.2) is 4.98 Å². The minimum Gasteiger partial charge on any atom is -0.480 e. The predicted molar refractivity (Wildman–Crippen MR) is 63.1 cm³/mol. The Hall–Kier alpha value is -1.07. The molecule has 0 aromatic carbocycles. The lowest BCUT2D eigenvalue weighted by Crippen LogP contribution is -2.38. The van der Waals surface area contributed by atoms with Crippen LogP contribution in [0.25, 0.3) is 0 Å². The lowest BCUT2D eigenvalue weighted by molar-refractivity contribution is 0.397. The van der Waals surface area contributed by atoms with E-state index in [1.807, 2.05) is 0 Å². The Labute approximate surface area is 99.6 Å². The van der Waals surface area contributed by atoms with Crippen LogP contribution in [0.2, 0.25) is 5.02 Å². The molecule has 5 nitrogen and oxygen atoms in total. The van der Waals surface area contributed by atoms with Gasteiger partial charge in [0, 0.05) is 12.6 Å². The quantitative estimate of drug-likeness (QED) is 0.837. The number of nitrogens with zero attached hydrogens (tertiary/aromatic N) is 2. The zero-order valence-electron chi connectivity index (χ0n) is 9.16. The minimum absolute atomic E-state index is 0.375. The lowest BCUT2D eigenvalue weighted by Gasteiger charge is -2.23. The van der Waals surface area contributed by atoms with Crippen LogP contribution >= 0.6 is 11.6 Å². The van der Waals surface area contributed by atoms with Crippen molar-refractivity contribution in [1.82, 2.24) is 15.3 Å². The highest BCUT2D eigenvalue weighted by molar-refractivity contribution is 6.31. The van der Waals surface area contributed by atoms with E-state index in [1.54, 1.807) is 13.3 Å². The van der Waals surface area contributed by atoms with Crippen LogP contribution in [-0.2, 0) is 0 Å². The predicted octanol–water partition coefficient (Wildman–Crippen LogP) is 1.30. The van der Waals surface area contributed by atoms with Gasteiger partial charge < -0.3 is 15.4 Å². The normalized spacial score (nSPS) is 20.5. The largest absolute Gasteiger partial charge is 0.480 e. The Balaban J connectivity index is 2.03. The molecule has 1 fully saturated rings. The molecule has 1 aromatic heterocycles. The number of nitrogens with one attached hydrogen (secondary N) is 2. The average molecular weight is 243 g/mol. The maximum atomic E-state index is 5.85. The Morgan fingerprint density at radius 3 is 3.19 bits per heavy atom. The maximum Gasteiger partial charge on any atom is 0.237 e.